The molecule has 0 aromatic heterocycles. The number of methoxy groups -OCH3 is 1. The van der Waals surface area contributed by atoms with Gasteiger partial charge in [-0.05, 0) is 68.3 Å². The highest BCUT2D eigenvalue weighted by Gasteiger charge is 2.32. The molecule has 1 atom stereocenters. The molecule has 0 spiro atoms. The van der Waals surface area contributed by atoms with Gasteiger partial charge in [0.05, 0.1) is 12.8 Å². The van der Waals surface area contributed by atoms with Crippen LogP contribution in [0.2, 0.25) is 0 Å². The van der Waals surface area contributed by atoms with Crippen molar-refractivity contribution in [3.8, 4) is 5.75 Å². The average Bonchev–Trinajstić information content (AvgIpc) is 2.79. The highest BCUT2D eigenvalue weighted by atomic mass is 32.1. The van der Waals surface area contributed by atoms with Gasteiger partial charge in [0.2, 0.25) is 5.91 Å². The van der Waals surface area contributed by atoms with E-state index in [2.05, 4.69) is 29.0 Å². The van der Waals surface area contributed by atoms with E-state index in [0.29, 0.717) is 5.91 Å². The number of rotatable bonds is 6. The molecule has 2 aliphatic rings. The minimum Gasteiger partial charge on any atom is -0.495 e. The Hall–Kier alpha value is -1.82. The number of thiocarbonyl (C=S) groups is 1. The predicted molar refractivity (Wildman–Crippen MR) is 127 cm³/mol. The minimum atomic E-state index is 0.173. The van der Waals surface area contributed by atoms with Gasteiger partial charge in [-0.25, -0.2) is 0 Å². The van der Waals surface area contributed by atoms with Crippen molar-refractivity contribution >= 4 is 28.9 Å². The van der Waals surface area contributed by atoms with Crippen LogP contribution in [0, 0.1) is 17.8 Å². The van der Waals surface area contributed by atoms with Crippen molar-refractivity contribution in [2.45, 2.75) is 52.4 Å². The smallest absolute Gasteiger partial charge is 0.225 e. The van der Waals surface area contributed by atoms with Crippen LogP contribution in [-0.2, 0) is 4.79 Å². The Bertz CT molecular complexity index is 710. The van der Waals surface area contributed by atoms with Crippen LogP contribution in [0.3, 0.4) is 0 Å². The van der Waals surface area contributed by atoms with Crippen LogP contribution < -0.4 is 10.1 Å². The molecule has 2 heterocycles. The van der Waals surface area contributed by atoms with Gasteiger partial charge in [0.1, 0.15) is 5.75 Å². The van der Waals surface area contributed by atoms with Crippen LogP contribution in [0.15, 0.2) is 24.3 Å². The van der Waals surface area contributed by atoms with Crippen LogP contribution >= 0.6 is 12.2 Å². The van der Waals surface area contributed by atoms with Crippen LogP contribution in [-0.4, -0.2) is 54.1 Å². The molecule has 1 amide bonds. The van der Waals surface area contributed by atoms with Crippen molar-refractivity contribution < 1.29 is 9.53 Å². The lowest BCUT2D eigenvalue weighted by molar-refractivity contribution is -0.137. The second-order valence-electron chi connectivity index (χ2n) is 8.81. The largest absolute Gasteiger partial charge is 0.495 e. The maximum absolute atomic E-state index is 12.6. The highest BCUT2D eigenvalue weighted by molar-refractivity contribution is 7.80. The summed E-state index contributed by atoms with van der Waals surface area (Å²) in [5, 5.41) is 4.13. The van der Waals surface area contributed by atoms with E-state index in [1.54, 1.807) is 7.11 Å². The summed E-state index contributed by atoms with van der Waals surface area (Å²) in [5.74, 6) is 2.84. The molecule has 2 fully saturated rings. The van der Waals surface area contributed by atoms with E-state index >= 15 is 0 Å². The monoisotopic (exact) mass is 431 g/mol. The van der Waals surface area contributed by atoms with Crippen LogP contribution in [0.1, 0.15) is 52.4 Å². The zero-order valence-corrected chi connectivity index (χ0v) is 19.5. The van der Waals surface area contributed by atoms with E-state index in [-0.39, 0.29) is 5.92 Å². The number of piperidine rings is 2. The molecule has 6 heteroatoms. The van der Waals surface area contributed by atoms with Gasteiger partial charge in [-0.15, -0.1) is 0 Å². The summed E-state index contributed by atoms with van der Waals surface area (Å²) >= 11 is 5.66. The van der Waals surface area contributed by atoms with E-state index in [1.807, 2.05) is 24.3 Å². The number of carbonyl (C=O) groups is 1. The SMILES string of the molecule is CCCC(C)C(=O)N1CCC(C2CCN(C(=S)Nc3ccccc3OC)CC2)CC1. The Labute approximate surface area is 187 Å². The molecule has 5 nitrogen and oxygen atoms in total. The maximum Gasteiger partial charge on any atom is 0.225 e. The Balaban J connectivity index is 1.44. The van der Waals surface area contributed by atoms with Gasteiger partial charge >= 0.3 is 0 Å². The first-order valence-corrected chi connectivity index (χ1v) is 11.9. The third kappa shape index (κ3) is 5.65. The quantitative estimate of drug-likeness (QED) is 0.657. The molecule has 2 saturated heterocycles. The third-order valence-corrected chi connectivity index (χ3v) is 7.20. The van der Waals surface area contributed by atoms with E-state index < -0.39 is 0 Å². The number of para-hydroxylation sites is 2. The molecule has 1 unspecified atom stereocenters. The van der Waals surface area contributed by atoms with Gasteiger partial charge in [-0.2, -0.15) is 0 Å². The molecular formula is C24H37N3O2S. The number of ether oxygens (including phenoxy) is 1. The first kappa shape index (κ1) is 22.9. The summed E-state index contributed by atoms with van der Waals surface area (Å²) in [7, 11) is 1.68. The normalized spacial score (nSPS) is 19.4. The molecule has 30 heavy (non-hydrogen) atoms. The van der Waals surface area contributed by atoms with Crippen LogP contribution in [0.25, 0.3) is 0 Å². The summed E-state index contributed by atoms with van der Waals surface area (Å²) in [4.78, 5) is 17.0. The first-order chi connectivity index (χ1) is 14.5. The molecule has 166 valence electrons. The minimum absolute atomic E-state index is 0.173. The van der Waals surface area contributed by atoms with Crippen molar-refractivity contribution in [3.63, 3.8) is 0 Å². The standard InChI is InChI=1S/C24H37N3O2S/c1-4-7-18(2)23(28)26-14-10-19(11-15-26)20-12-16-27(17-13-20)24(30)25-21-8-5-6-9-22(21)29-3/h5-6,8-9,18-20H,4,7,10-17H2,1-3H3,(H,25,30). The topological polar surface area (TPSA) is 44.8 Å². The number of carbonyl (C=O) groups excluding carboxylic acids is 1. The van der Waals surface area contributed by atoms with Gasteiger partial charge in [0.15, 0.2) is 5.11 Å². The summed E-state index contributed by atoms with van der Waals surface area (Å²) in [5.41, 5.74) is 0.918. The number of amides is 1. The summed E-state index contributed by atoms with van der Waals surface area (Å²) in [6.45, 7) is 8.10. The first-order valence-electron chi connectivity index (χ1n) is 11.5. The Morgan fingerprint density at radius 1 is 1.10 bits per heavy atom. The lowest BCUT2D eigenvalue weighted by Gasteiger charge is -2.41. The maximum atomic E-state index is 12.6. The highest BCUT2D eigenvalue weighted by Crippen LogP contribution is 2.33. The van der Waals surface area contributed by atoms with E-state index in [9.17, 15) is 4.79 Å². The van der Waals surface area contributed by atoms with Gasteiger partial charge in [-0.1, -0.05) is 32.4 Å². The van der Waals surface area contributed by atoms with E-state index in [1.165, 1.54) is 12.8 Å². The molecule has 1 aromatic rings. The molecule has 0 saturated carbocycles. The summed E-state index contributed by atoms with van der Waals surface area (Å²) < 4.78 is 5.41. The second-order valence-corrected chi connectivity index (χ2v) is 9.19. The van der Waals surface area contributed by atoms with Crippen molar-refractivity contribution in [1.82, 2.24) is 9.80 Å². The number of benzene rings is 1. The number of hydrogen-bond donors (Lipinski definition) is 1. The zero-order chi connectivity index (χ0) is 21.5. The molecular weight excluding hydrogens is 394 g/mol. The predicted octanol–water partition coefficient (Wildman–Crippen LogP) is 4.78. The fourth-order valence-electron chi connectivity index (χ4n) is 4.98. The number of anilines is 1. The summed E-state index contributed by atoms with van der Waals surface area (Å²) in [6.07, 6.45) is 6.74. The fourth-order valence-corrected chi connectivity index (χ4v) is 5.27. The lowest BCUT2D eigenvalue weighted by atomic mass is 9.78. The average molecular weight is 432 g/mol. The molecule has 0 radical (unpaired) electrons. The molecule has 3 rings (SSSR count). The lowest BCUT2D eigenvalue weighted by Crippen LogP contribution is -2.45. The van der Waals surface area contributed by atoms with Crippen LogP contribution in [0.4, 0.5) is 5.69 Å². The number of nitrogens with zero attached hydrogens (tertiary/aromatic N) is 2. The molecule has 0 bridgehead atoms. The second kappa shape index (κ2) is 11.0. The molecule has 1 aromatic carbocycles. The van der Waals surface area contributed by atoms with Crippen molar-refractivity contribution in [1.29, 1.82) is 0 Å². The van der Waals surface area contributed by atoms with Gasteiger partial charge in [-0.3, -0.25) is 4.79 Å². The molecule has 1 N–H and O–H groups in total. The van der Waals surface area contributed by atoms with Gasteiger partial charge < -0.3 is 19.9 Å². The number of nitrogens with one attached hydrogen (secondary N) is 1. The number of hydrogen-bond acceptors (Lipinski definition) is 3. The Morgan fingerprint density at radius 2 is 1.67 bits per heavy atom. The van der Waals surface area contributed by atoms with Gasteiger partial charge in [0, 0.05) is 32.1 Å². The Kier molecular flexibility index (Phi) is 8.37. The number of likely N-dealkylation sites (tertiary alicyclic amines) is 2. The third-order valence-electron chi connectivity index (χ3n) is 6.84. The van der Waals surface area contributed by atoms with Crippen molar-refractivity contribution in [2.24, 2.45) is 17.8 Å². The van der Waals surface area contributed by atoms with Crippen LogP contribution in [0.5, 0.6) is 5.75 Å². The Morgan fingerprint density at radius 3 is 2.23 bits per heavy atom. The van der Waals surface area contributed by atoms with Gasteiger partial charge in [0.25, 0.3) is 0 Å². The summed E-state index contributed by atoms with van der Waals surface area (Å²) in [6, 6.07) is 7.88. The zero-order valence-electron chi connectivity index (χ0n) is 18.7. The fraction of sp³-hybridized carbons (Fsp3) is 0.667. The molecule has 0 aliphatic carbocycles. The van der Waals surface area contributed by atoms with Crippen molar-refractivity contribution in [2.75, 3.05) is 38.6 Å². The molecule has 2 aliphatic heterocycles. The van der Waals surface area contributed by atoms with Crippen molar-refractivity contribution in [3.05, 3.63) is 24.3 Å². The van der Waals surface area contributed by atoms with E-state index in [4.69, 9.17) is 17.0 Å². The van der Waals surface area contributed by atoms with E-state index in [0.717, 1.165) is 80.2 Å².